The van der Waals surface area contributed by atoms with Crippen molar-refractivity contribution < 1.29 is 9.84 Å². The van der Waals surface area contributed by atoms with Crippen LogP contribution in [0.25, 0.3) is 0 Å². The highest BCUT2D eigenvalue weighted by molar-refractivity contribution is 5.31. The summed E-state index contributed by atoms with van der Waals surface area (Å²) in [5.41, 5.74) is 0.697. The zero-order chi connectivity index (χ0) is 13.1. The van der Waals surface area contributed by atoms with E-state index in [0.717, 1.165) is 5.75 Å². The minimum absolute atomic E-state index is 0.160. The number of benzene rings is 1. The average molecular weight is 236 g/mol. The van der Waals surface area contributed by atoms with Crippen LogP contribution in [-0.4, -0.2) is 17.3 Å². The second kappa shape index (κ2) is 5.09. The van der Waals surface area contributed by atoms with E-state index >= 15 is 0 Å². The van der Waals surface area contributed by atoms with Crippen molar-refractivity contribution in [1.82, 2.24) is 0 Å². The topological polar surface area (TPSA) is 29.5 Å². The van der Waals surface area contributed by atoms with Crippen molar-refractivity contribution in [2.24, 2.45) is 0 Å². The lowest BCUT2D eigenvalue weighted by Gasteiger charge is -2.22. The van der Waals surface area contributed by atoms with Gasteiger partial charge in [-0.3, -0.25) is 0 Å². The molecule has 1 rings (SSSR count). The molecular weight excluding hydrogens is 212 g/mol. The van der Waals surface area contributed by atoms with Gasteiger partial charge in [0.05, 0.1) is 5.60 Å². The van der Waals surface area contributed by atoms with E-state index in [0.29, 0.717) is 13.0 Å². The molecule has 0 radical (unpaired) electrons. The lowest BCUT2D eigenvalue weighted by molar-refractivity contribution is 0.00846. The molecule has 0 aliphatic heterocycles. The molecule has 0 aromatic heterocycles. The Morgan fingerprint density at radius 2 is 1.59 bits per heavy atom. The number of rotatable bonds is 4. The van der Waals surface area contributed by atoms with Gasteiger partial charge < -0.3 is 9.84 Å². The molecule has 96 valence electrons. The maximum atomic E-state index is 9.84. The molecular formula is C15H24O2. The van der Waals surface area contributed by atoms with Gasteiger partial charge in [0.2, 0.25) is 0 Å². The van der Waals surface area contributed by atoms with E-state index in [1.165, 1.54) is 5.56 Å². The van der Waals surface area contributed by atoms with Gasteiger partial charge in [0.15, 0.2) is 0 Å². The zero-order valence-electron chi connectivity index (χ0n) is 11.6. The summed E-state index contributed by atoms with van der Waals surface area (Å²) in [6.07, 6.45) is 0.688. The number of hydrogen-bond donors (Lipinski definition) is 1. The summed E-state index contributed by atoms with van der Waals surface area (Å²) >= 11 is 0. The lowest BCUT2D eigenvalue weighted by Crippen LogP contribution is -2.31. The Kier molecular flexibility index (Phi) is 4.21. The first-order valence-corrected chi connectivity index (χ1v) is 6.20. The van der Waals surface area contributed by atoms with Crippen molar-refractivity contribution in [2.75, 3.05) is 6.61 Å². The van der Waals surface area contributed by atoms with Gasteiger partial charge in [-0.15, -0.1) is 0 Å². The first-order valence-electron chi connectivity index (χ1n) is 6.20. The molecule has 0 amide bonds. The average Bonchev–Trinajstić information content (AvgIpc) is 2.26. The predicted octanol–water partition coefficient (Wildman–Crippen LogP) is 3.52. The van der Waals surface area contributed by atoms with Gasteiger partial charge >= 0.3 is 0 Å². The third-order valence-corrected chi connectivity index (χ3v) is 3.03. The first kappa shape index (κ1) is 14.0. The minimum Gasteiger partial charge on any atom is -0.491 e. The van der Waals surface area contributed by atoms with Crippen LogP contribution < -0.4 is 4.74 Å². The van der Waals surface area contributed by atoms with Crippen LogP contribution >= 0.6 is 0 Å². The predicted molar refractivity (Wildman–Crippen MR) is 71.6 cm³/mol. The maximum Gasteiger partial charge on any atom is 0.119 e. The fourth-order valence-corrected chi connectivity index (χ4v) is 1.39. The highest BCUT2D eigenvalue weighted by atomic mass is 16.5. The summed E-state index contributed by atoms with van der Waals surface area (Å²) in [5, 5.41) is 9.84. The van der Waals surface area contributed by atoms with Crippen molar-refractivity contribution >= 4 is 0 Å². The fourth-order valence-electron chi connectivity index (χ4n) is 1.39. The Bertz CT molecular complexity index is 344. The molecule has 0 aliphatic carbocycles. The molecule has 2 heteroatoms. The molecule has 0 heterocycles. The molecule has 0 aliphatic rings. The van der Waals surface area contributed by atoms with E-state index in [1.54, 1.807) is 6.92 Å². The maximum absolute atomic E-state index is 9.84. The monoisotopic (exact) mass is 236 g/mol. The van der Waals surface area contributed by atoms with Gasteiger partial charge in [-0.1, -0.05) is 39.8 Å². The molecule has 0 spiro atoms. The minimum atomic E-state index is -0.747. The van der Waals surface area contributed by atoms with Gasteiger partial charge in [-0.2, -0.15) is 0 Å². The number of ether oxygens (including phenoxy) is 1. The Morgan fingerprint density at radius 1 is 1.06 bits per heavy atom. The molecule has 0 fully saturated rings. The van der Waals surface area contributed by atoms with Crippen LogP contribution in [0, 0.1) is 0 Å². The Hall–Kier alpha value is -1.02. The molecule has 0 bridgehead atoms. The van der Waals surface area contributed by atoms with E-state index < -0.39 is 5.60 Å². The standard InChI is InChI=1S/C15H24O2/c1-6-15(5,16)11-17-13-9-7-12(8-10-13)14(2,3)4/h7-10,16H,6,11H2,1-5H3. The molecule has 2 nitrogen and oxygen atoms in total. The summed E-state index contributed by atoms with van der Waals surface area (Å²) in [4.78, 5) is 0. The van der Waals surface area contributed by atoms with E-state index in [-0.39, 0.29) is 5.41 Å². The quantitative estimate of drug-likeness (QED) is 0.866. The van der Waals surface area contributed by atoms with Gasteiger partial charge in [0.25, 0.3) is 0 Å². The van der Waals surface area contributed by atoms with Crippen LogP contribution in [0.2, 0.25) is 0 Å². The van der Waals surface area contributed by atoms with Crippen molar-refractivity contribution in [3.05, 3.63) is 29.8 Å². The molecule has 1 atom stereocenters. The second-order valence-corrected chi connectivity index (χ2v) is 5.91. The van der Waals surface area contributed by atoms with E-state index in [2.05, 4.69) is 32.9 Å². The van der Waals surface area contributed by atoms with Crippen molar-refractivity contribution in [1.29, 1.82) is 0 Å². The second-order valence-electron chi connectivity index (χ2n) is 5.91. The molecule has 1 unspecified atom stereocenters. The van der Waals surface area contributed by atoms with E-state index in [9.17, 15) is 5.11 Å². The highest BCUT2D eigenvalue weighted by Gasteiger charge is 2.18. The largest absolute Gasteiger partial charge is 0.491 e. The third kappa shape index (κ3) is 4.39. The molecule has 0 saturated carbocycles. The lowest BCUT2D eigenvalue weighted by atomic mass is 9.87. The van der Waals surface area contributed by atoms with Crippen LogP contribution in [0.15, 0.2) is 24.3 Å². The van der Waals surface area contributed by atoms with Gasteiger partial charge in [0, 0.05) is 0 Å². The van der Waals surface area contributed by atoms with Gasteiger partial charge in [-0.05, 0) is 36.5 Å². The summed E-state index contributed by atoms with van der Waals surface area (Å²) in [6, 6.07) is 8.09. The molecule has 0 saturated heterocycles. The number of hydrogen-bond acceptors (Lipinski definition) is 2. The van der Waals surface area contributed by atoms with Crippen LogP contribution in [0.1, 0.15) is 46.6 Å². The van der Waals surface area contributed by atoms with Crippen molar-refractivity contribution in [3.63, 3.8) is 0 Å². The Labute approximate surface area is 105 Å². The van der Waals surface area contributed by atoms with Crippen LogP contribution in [0.5, 0.6) is 5.75 Å². The van der Waals surface area contributed by atoms with Crippen LogP contribution in [0.3, 0.4) is 0 Å². The van der Waals surface area contributed by atoms with Crippen molar-refractivity contribution in [2.45, 2.75) is 52.1 Å². The molecule has 17 heavy (non-hydrogen) atoms. The molecule has 1 N–H and O–H groups in total. The van der Waals surface area contributed by atoms with E-state index in [1.807, 2.05) is 19.1 Å². The number of aliphatic hydroxyl groups is 1. The summed E-state index contributed by atoms with van der Waals surface area (Å²) in [6.45, 7) is 10.6. The smallest absolute Gasteiger partial charge is 0.119 e. The van der Waals surface area contributed by atoms with Crippen LogP contribution in [0.4, 0.5) is 0 Å². The summed E-state index contributed by atoms with van der Waals surface area (Å²) in [7, 11) is 0. The Morgan fingerprint density at radius 3 is 2.00 bits per heavy atom. The summed E-state index contributed by atoms with van der Waals surface area (Å²) in [5.74, 6) is 0.812. The van der Waals surface area contributed by atoms with Crippen LogP contribution in [-0.2, 0) is 5.41 Å². The zero-order valence-corrected chi connectivity index (χ0v) is 11.6. The first-order chi connectivity index (χ1) is 7.74. The molecule has 1 aromatic carbocycles. The van der Waals surface area contributed by atoms with E-state index in [4.69, 9.17) is 4.74 Å². The van der Waals surface area contributed by atoms with Crippen molar-refractivity contribution in [3.8, 4) is 5.75 Å². The third-order valence-electron chi connectivity index (χ3n) is 3.03. The SMILES string of the molecule is CCC(C)(O)COc1ccc(C(C)(C)C)cc1. The fraction of sp³-hybridized carbons (Fsp3) is 0.600. The normalized spacial score (nSPS) is 15.4. The highest BCUT2D eigenvalue weighted by Crippen LogP contribution is 2.24. The summed E-state index contributed by atoms with van der Waals surface area (Å²) < 4.78 is 5.58. The van der Waals surface area contributed by atoms with Gasteiger partial charge in [0.1, 0.15) is 12.4 Å². The molecule has 1 aromatic rings. The van der Waals surface area contributed by atoms with Gasteiger partial charge in [-0.25, -0.2) is 0 Å². The Balaban J connectivity index is 2.64.